The van der Waals surface area contributed by atoms with Crippen LogP contribution in [-0.4, -0.2) is 46.4 Å². The number of pyridine rings is 1. The van der Waals surface area contributed by atoms with Crippen molar-refractivity contribution in [1.82, 2.24) is 9.88 Å². The summed E-state index contributed by atoms with van der Waals surface area (Å²) in [5.74, 6) is -4.72. The van der Waals surface area contributed by atoms with Crippen molar-refractivity contribution >= 4 is 5.97 Å². The molecule has 1 aliphatic carbocycles. The van der Waals surface area contributed by atoms with Crippen LogP contribution in [0, 0.1) is 11.3 Å². The van der Waals surface area contributed by atoms with Gasteiger partial charge >= 0.3 is 18.3 Å². The number of carboxylic acid groups (broad SMARTS) is 1. The Morgan fingerprint density at radius 1 is 1.19 bits per heavy atom. The van der Waals surface area contributed by atoms with Crippen molar-refractivity contribution in [3.63, 3.8) is 0 Å². The summed E-state index contributed by atoms with van der Waals surface area (Å²) in [5.41, 5.74) is -2.12. The molecular formula is C16H16F6N2O2. The first-order valence-electron chi connectivity index (χ1n) is 8.02. The third-order valence-corrected chi connectivity index (χ3v) is 5.19. The van der Waals surface area contributed by atoms with Crippen LogP contribution < -0.4 is 0 Å². The molecule has 1 atom stereocenters. The smallest absolute Gasteiger partial charge is 0.405 e. The zero-order valence-corrected chi connectivity index (χ0v) is 13.5. The summed E-state index contributed by atoms with van der Waals surface area (Å²) in [6.45, 7) is -2.55. The zero-order valence-electron chi connectivity index (χ0n) is 13.5. The largest absolute Gasteiger partial charge is 0.481 e. The van der Waals surface area contributed by atoms with Crippen LogP contribution in [0.2, 0.25) is 0 Å². The molecular weight excluding hydrogens is 366 g/mol. The van der Waals surface area contributed by atoms with E-state index in [0.29, 0.717) is 5.69 Å². The lowest BCUT2D eigenvalue weighted by Gasteiger charge is -2.36. The average molecular weight is 382 g/mol. The van der Waals surface area contributed by atoms with Crippen molar-refractivity contribution in [3.8, 4) is 0 Å². The number of rotatable bonds is 3. The van der Waals surface area contributed by atoms with Gasteiger partial charge in [0.1, 0.15) is 0 Å². The molecule has 26 heavy (non-hydrogen) atoms. The number of fused-ring (bicyclic) bond motifs is 1. The van der Waals surface area contributed by atoms with Crippen molar-refractivity contribution in [1.29, 1.82) is 0 Å². The molecule has 1 saturated heterocycles. The highest BCUT2D eigenvalue weighted by Gasteiger charge is 2.78. The molecule has 4 nitrogen and oxygen atoms in total. The Hall–Kier alpha value is -1.84. The second-order valence-electron chi connectivity index (χ2n) is 6.79. The summed E-state index contributed by atoms with van der Waals surface area (Å²) in [4.78, 5) is 16.4. The molecule has 1 aromatic rings. The molecule has 1 unspecified atom stereocenters. The molecule has 2 heterocycles. The molecule has 1 aliphatic heterocycles. The average Bonchev–Trinajstić information content (AvgIpc) is 3.10. The fourth-order valence-corrected chi connectivity index (χ4v) is 3.87. The first-order chi connectivity index (χ1) is 12.0. The van der Waals surface area contributed by atoms with Gasteiger partial charge in [0.25, 0.3) is 0 Å². The Morgan fingerprint density at radius 3 is 2.38 bits per heavy atom. The van der Waals surface area contributed by atoms with Crippen LogP contribution in [0.4, 0.5) is 26.3 Å². The topological polar surface area (TPSA) is 53.4 Å². The molecule has 3 rings (SSSR count). The summed E-state index contributed by atoms with van der Waals surface area (Å²) in [5, 5.41) is 9.04. The minimum Gasteiger partial charge on any atom is -0.481 e. The van der Waals surface area contributed by atoms with E-state index >= 15 is 0 Å². The van der Waals surface area contributed by atoms with Crippen LogP contribution in [0.25, 0.3) is 0 Å². The minimum atomic E-state index is -5.73. The number of halogens is 6. The molecule has 0 spiro atoms. The van der Waals surface area contributed by atoms with Crippen molar-refractivity contribution in [2.24, 2.45) is 11.3 Å². The maximum atomic E-state index is 13.4. The van der Waals surface area contributed by atoms with E-state index in [-0.39, 0.29) is 6.54 Å². The lowest BCUT2D eigenvalue weighted by Crippen LogP contribution is -2.57. The van der Waals surface area contributed by atoms with Gasteiger partial charge in [-0.05, 0) is 30.9 Å². The maximum Gasteiger partial charge on any atom is 0.405 e. The zero-order chi connectivity index (χ0) is 19.3. The van der Waals surface area contributed by atoms with Crippen molar-refractivity contribution < 1.29 is 36.2 Å². The summed E-state index contributed by atoms with van der Waals surface area (Å²) < 4.78 is 80.3. The molecule has 1 N–H and O–H groups in total. The molecule has 0 amide bonds. The van der Waals surface area contributed by atoms with Crippen LogP contribution in [0.5, 0.6) is 0 Å². The Bertz CT molecular complexity index is 702. The quantitative estimate of drug-likeness (QED) is 0.816. The number of carboxylic acids is 1. The number of aryl methyl sites for hydroxylation is 2. The Labute approximate surface area is 144 Å². The number of nitrogens with zero attached hydrogens (tertiary/aromatic N) is 2. The number of alkyl halides is 6. The number of carbonyl (C=O) groups is 1. The molecule has 10 heteroatoms. The third kappa shape index (κ3) is 2.93. The number of hydrogen-bond acceptors (Lipinski definition) is 3. The lowest BCUT2D eigenvalue weighted by atomic mass is 9.76. The van der Waals surface area contributed by atoms with E-state index in [4.69, 9.17) is 5.11 Å². The molecule has 1 fully saturated rings. The van der Waals surface area contributed by atoms with E-state index in [9.17, 15) is 31.1 Å². The Balaban J connectivity index is 1.91. The Kier molecular flexibility index (Phi) is 4.45. The summed E-state index contributed by atoms with van der Waals surface area (Å²) >= 11 is 0. The van der Waals surface area contributed by atoms with Crippen molar-refractivity contribution in [3.05, 3.63) is 29.1 Å². The number of aromatic nitrogens is 1. The molecule has 0 saturated carbocycles. The minimum absolute atomic E-state index is 0.259. The highest BCUT2D eigenvalue weighted by Crippen LogP contribution is 2.58. The maximum absolute atomic E-state index is 13.4. The molecule has 2 aliphatic rings. The van der Waals surface area contributed by atoms with Gasteiger partial charge in [-0.2, -0.15) is 26.3 Å². The van der Waals surface area contributed by atoms with Gasteiger partial charge in [0.15, 0.2) is 5.41 Å². The second kappa shape index (κ2) is 6.11. The fourth-order valence-electron chi connectivity index (χ4n) is 3.87. The third-order valence-electron chi connectivity index (χ3n) is 5.19. The van der Waals surface area contributed by atoms with Crippen LogP contribution >= 0.6 is 0 Å². The number of hydrogen-bond donors (Lipinski definition) is 1. The first-order valence-corrected chi connectivity index (χ1v) is 8.02. The number of aliphatic carboxylic acids is 1. The summed E-state index contributed by atoms with van der Waals surface area (Å²) in [6, 6.07) is 3.34. The van der Waals surface area contributed by atoms with Crippen LogP contribution in [0.1, 0.15) is 23.4 Å². The molecule has 0 radical (unpaired) electrons. The van der Waals surface area contributed by atoms with Gasteiger partial charge in [-0.25, -0.2) is 0 Å². The normalized spacial score (nSPS) is 23.2. The van der Waals surface area contributed by atoms with Crippen molar-refractivity contribution in [2.45, 2.75) is 38.2 Å². The van der Waals surface area contributed by atoms with Crippen LogP contribution in [0.3, 0.4) is 0 Å². The second-order valence-corrected chi connectivity index (χ2v) is 6.79. The predicted molar refractivity (Wildman–Crippen MR) is 77.2 cm³/mol. The van der Waals surface area contributed by atoms with Gasteiger partial charge in [-0.3, -0.25) is 14.7 Å². The highest BCUT2D eigenvalue weighted by molar-refractivity contribution is 5.72. The van der Waals surface area contributed by atoms with E-state index < -0.39 is 42.7 Å². The SMILES string of the molecule is O=C(O)C1CN(Cc2ccc3c(n2)CCC3)CC1(C(F)(F)F)C(F)(F)F. The first kappa shape index (κ1) is 18.9. The monoisotopic (exact) mass is 382 g/mol. The molecule has 0 bridgehead atoms. The molecule has 1 aromatic heterocycles. The summed E-state index contributed by atoms with van der Waals surface area (Å²) in [7, 11) is 0. The van der Waals surface area contributed by atoms with Gasteiger partial charge < -0.3 is 5.11 Å². The lowest BCUT2D eigenvalue weighted by molar-refractivity contribution is -0.346. The van der Waals surface area contributed by atoms with E-state index in [2.05, 4.69) is 4.98 Å². The van der Waals surface area contributed by atoms with E-state index in [0.717, 1.165) is 35.4 Å². The van der Waals surface area contributed by atoms with Crippen LogP contribution in [-0.2, 0) is 24.2 Å². The predicted octanol–water partition coefficient (Wildman–Crippen LogP) is 3.20. The van der Waals surface area contributed by atoms with Gasteiger partial charge in [0, 0.05) is 25.3 Å². The van der Waals surface area contributed by atoms with Crippen LogP contribution in [0.15, 0.2) is 12.1 Å². The fraction of sp³-hybridized carbons (Fsp3) is 0.625. The van der Waals surface area contributed by atoms with E-state index in [1.165, 1.54) is 0 Å². The number of likely N-dealkylation sites (tertiary alicyclic amines) is 1. The highest BCUT2D eigenvalue weighted by atomic mass is 19.4. The van der Waals surface area contributed by atoms with E-state index in [1.54, 1.807) is 12.1 Å². The molecule has 144 valence electrons. The standard InChI is InChI=1S/C16H16F6N2O2/c17-15(18,19)14(16(20,21)22)8-24(7-11(14)13(25)26)6-10-5-4-9-2-1-3-12(9)23-10/h4-5,11H,1-3,6-8H2,(H,25,26). The molecule has 0 aromatic carbocycles. The van der Waals surface area contributed by atoms with Gasteiger partial charge in [-0.1, -0.05) is 6.07 Å². The van der Waals surface area contributed by atoms with Gasteiger partial charge in [0.05, 0.1) is 11.6 Å². The van der Waals surface area contributed by atoms with Gasteiger partial charge in [0.2, 0.25) is 0 Å². The van der Waals surface area contributed by atoms with E-state index in [1.807, 2.05) is 0 Å². The Morgan fingerprint density at radius 2 is 1.85 bits per heavy atom. The summed E-state index contributed by atoms with van der Waals surface area (Å²) in [6.07, 6.45) is -8.99. The van der Waals surface area contributed by atoms with Crippen molar-refractivity contribution in [2.75, 3.05) is 13.1 Å². The van der Waals surface area contributed by atoms with Gasteiger partial charge in [-0.15, -0.1) is 0 Å².